The van der Waals surface area contributed by atoms with Gasteiger partial charge in [0.15, 0.2) is 0 Å². The van der Waals surface area contributed by atoms with Crippen LogP contribution in [0.3, 0.4) is 0 Å². The molecule has 8 unspecified atom stereocenters. The minimum Gasteiger partial charge on any atom is -0.393 e. The summed E-state index contributed by atoms with van der Waals surface area (Å²) in [7, 11) is -5.14. The average molecular weight is 820 g/mol. The first-order chi connectivity index (χ1) is 26.8. The Bertz CT molecular complexity index is 1110. The monoisotopic (exact) mass is 820 g/mol. The molecular weight excluding hydrogens is 741 g/mol. The van der Waals surface area contributed by atoms with Crippen molar-refractivity contribution in [1.29, 1.82) is 0 Å². The fourth-order valence-corrected chi connectivity index (χ4v) is 7.57. The van der Waals surface area contributed by atoms with Crippen molar-refractivity contribution in [2.75, 3.05) is 6.61 Å². The molecule has 0 bridgehead atoms. The zero-order valence-electron chi connectivity index (χ0n) is 34.3. The maximum Gasteiger partial charge on any atom is 0.472 e. The number of amides is 1. The maximum atomic E-state index is 12.9. The standard InChI is InChI=1S/C42H78NO12P/c1-3-5-7-9-11-13-15-17-19-21-23-25-27-29-33(44)31-36(46)43-34(35(45)30-28-26-24-22-20-18-16-14-12-10-8-6-4-2)32-54-56(52,53)55-42-40(50)38(48)37(47)39(49)41(42)51/h13,15,20,22,28,30,33-35,37-42,44-45,47-51H,3-12,14,16-19,21,23-27,29,31-32H2,1-2H3,(H,43,46)(H,52,53)/b15-13-,22-20+,30-28+. The van der Waals surface area contributed by atoms with Crippen LogP contribution in [-0.4, -0.2) is 108 Å². The molecule has 0 saturated heterocycles. The number of nitrogens with one attached hydrogen (secondary N) is 1. The second-order valence-electron chi connectivity index (χ2n) is 15.4. The van der Waals surface area contributed by atoms with E-state index < -0.39 is 75.2 Å². The van der Waals surface area contributed by atoms with Gasteiger partial charge in [-0.15, -0.1) is 0 Å². The zero-order valence-corrected chi connectivity index (χ0v) is 35.2. The van der Waals surface area contributed by atoms with Crippen molar-refractivity contribution < 1.29 is 59.0 Å². The molecule has 328 valence electrons. The third kappa shape index (κ3) is 24.4. The Balaban J connectivity index is 2.64. The SMILES string of the molecule is CCCCCC/C=C\CCCCCCCC(O)CC(=O)NC(COP(=O)(O)OC1C(O)C(O)C(O)C(O)C1O)C(O)/C=C/CC/C=C/CCCCCCCCC. The van der Waals surface area contributed by atoms with E-state index in [0.717, 1.165) is 64.2 Å². The first-order valence-electron chi connectivity index (χ1n) is 21.5. The average Bonchev–Trinajstić information content (AvgIpc) is 3.17. The van der Waals surface area contributed by atoms with Crippen LogP contribution in [0.15, 0.2) is 36.5 Å². The minimum atomic E-state index is -5.14. The Morgan fingerprint density at radius 1 is 0.625 bits per heavy atom. The van der Waals surface area contributed by atoms with Gasteiger partial charge in [0.2, 0.25) is 5.91 Å². The fraction of sp³-hybridized carbons (Fsp3) is 0.833. The molecule has 13 nitrogen and oxygen atoms in total. The molecule has 0 radical (unpaired) electrons. The van der Waals surface area contributed by atoms with E-state index in [0.29, 0.717) is 12.8 Å². The predicted octanol–water partition coefficient (Wildman–Crippen LogP) is 6.19. The Morgan fingerprint density at radius 2 is 1.05 bits per heavy atom. The number of carbonyl (C=O) groups excluding carboxylic acids is 1. The molecule has 1 fully saturated rings. The predicted molar refractivity (Wildman–Crippen MR) is 220 cm³/mol. The van der Waals surface area contributed by atoms with E-state index in [1.165, 1.54) is 70.3 Å². The molecule has 0 heterocycles. The number of unbranched alkanes of at least 4 members (excludes halogenated alkanes) is 17. The van der Waals surface area contributed by atoms with Gasteiger partial charge in [0.05, 0.1) is 31.3 Å². The van der Waals surface area contributed by atoms with Crippen LogP contribution in [0.2, 0.25) is 0 Å². The summed E-state index contributed by atoms with van der Waals surface area (Å²) in [6, 6.07) is -1.26. The third-order valence-corrected chi connectivity index (χ3v) is 11.2. The lowest BCUT2D eigenvalue weighted by molar-refractivity contribution is -0.220. The molecule has 1 aliphatic carbocycles. The van der Waals surface area contributed by atoms with E-state index in [9.17, 15) is 50.0 Å². The van der Waals surface area contributed by atoms with Gasteiger partial charge in [-0.2, -0.15) is 0 Å². The van der Waals surface area contributed by atoms with Crippen molar-refractivity contribution in [1.82, 2.24) is 5.32 Å². The molecule has 0 aromatic carbocycles. The van der Waals surface area contributed by atoms with Crippen LogP contribution in [0.1, 0.15) is 162 Å². The highest BCUT2D eigenvalue weighted by Gasteiger charge is 2.51. The van der Waals surface area contributed by atoms with Crippen LogP contribution >= 0.6 is 7.82 Å². The number of allylic oxidation sites excluding steroid dienone is 5. The van der Waals surface area contributed by atoms with E-state index in [-0.39, 0.29) is 6.42 Å². The quantitative estimate of drug-likeness (QED) is 0.0201. The van der Waals surface area contributed by atoms with Gasteiger partial charge in [-0.3, -0.25) is 13.8 Å². The van der Waals surface area contributed by atoms with Crippen molar-refractivity contribution in [2.24, 2.45) is 0 Å². The van der Waals surface area contributed by atoms with Gasteiger partial charge in [0.1, 0.15) is 36.6 Å². The van der Waals surface area contributed by atoms with Gasteiger partial charge >= 0.3 is 7.82 Å². The first kappa shape index (κ1) is 52.5. The number of phosphoric acid groups is 1. The van der Waals surface area contributed by atoms with Crippen molar-refractivity contribution in [2.45, 2.75) is 216 Å². The maximum absolute atomic E-state index is 12.9. The summed E-state index contributed by atoms with van der Waals surface area (Å²) in [4.78, 5) is 23.3. The summed E-state index contributed by atoms with van der Waals surface area (Å²) >= 11 is 0. The Labute approximate surface area is 336 Å². The van der Waals surface area contributed by atoms with Crippen molar-refractivity contribution >= 4 is 13.7 Å². The van der Waals surface area contributed by atoms with Crippen LogP contribution in [-0.2, 0) is 18.4 Å². The number of phosphoric ester groups is 1. The van der Waals surface area contributed by atoms with Gasteiger partial charge in [0.25, 0.3) is 0 Å². The van der Waals surface area contributed by atoms with E-state index in [1.807, 2.05) is 0 Å². The summed E-state index contributed by atoms with van der Waals surface area (Å²) < 4.78 is 22.8. The molecular formula is C42H78NO12P. The van der Waals surface area contributed by atoms with E-state index in [2.05, 4.69) is 43.5 Å². The molecule has 0 spiro atoms. The third-order valence-electron chi connectivity index (χ3n) is 10.2. The van der Waals surface area contributed by atoms with E-state index in [1.54, 1.807) is 6.08 Å². The van der Waals surface area contributed by atoms with Gasteiger partial charge in [-0.25, -0.2) is 4.57 Å². The minimum absolute atomic E-state index is 0.259. The lowest BCUT2D eigenvalue weighted by Crippen LogP contribution is -2.64. The van der Waals surface area contributed by atoms with Gasteiger partial charge < -0.3 is 46.0 Å². The highest BCUT2D eigenvalue weighted by Crippen LogP contribution is 2.47. The second-order valence-corrected chi connectivity index (χ2v) is 16.8. The summed E-state index contributed by atoms with van der Waals surface area (Å²) in [6.07, 6.45) is 21.0. The largest absolute Gasteiger partial charge is 0.472 e. The topological polar surface area (TPSA) is 226 Å². The van der Waals surface area contributed by atoms with Crippen LogP contribution < -0.4 is 5.32 Å². The Morgan fingerprint density at radius 3 is 1.59 bits per heavy atom. The lowest BCUT2D eigenvalue weighted by Gasteiger charge is -2.41. The van der Waals surface area contributed by atoms with Crippen LogP contribution in [0, 0.1) is 0 Å². The summed E-state index contributed by atoms with van der Waals surface area (Å²) in [5.74, 6) is -0.611. The number of hydrogen-bond acceptors (Lipinski definition) is 11. The normalized spacial score (nSPS) is 24.5. The second kappa shape index (κ2) is 32.4. The van der Waals surface area contributed by atoms with Crippen LogP contribution in [0.5, 0.6) is 0 Å². The Hall–Kier alpha value is -1.48. The number of rotatable bonds is 34. The van der Waals surface area contributed by atoms with Crippen molar-refractivity contribution in [3.63, 3.8) is 0 Å². The number of carbonyl (C=O) groups is 1. The van der Waals surface area contributed by atoms with Gasteiger partial charge in [-0.05, 0) is 57.8 Å². The number of aliphatic hydroxyl groups excluding tert-OH is 7. The van der Waals surface area contributed by atoms with Crippen LogP contribution in [0.25, 0.3) is 0 Å². The molecule has 56 heavy (non-hydrogen) atoms. The summed E-state index contributed by atoms with van der Waals surface area (Å²) in [5.41, 5.74) is 0. The molecule has 1 saturated carbocycles. The zero-order chi connectivity index (χ0) is 41.6. The van der Waals surface area contributed by atoms with Crippen LogP contribution in [0.4, 0.5) is 0 Å². The molecule has 9 N–H and O–H groups in total. The molecule has 1 amide bonds. The number of hydrogen-bond donors (Lipinski definition) is 9. The highest BCUT2D eigenvalue weighted by molar-refractivity contribution is 7.47. The lowest BCUT2D eigenvalue weighted by atomic mass is 9.85. The molecule has 1 aliphatic rings. The molecule has 8 atom stereocenters. The smallest absolute Gasteiger partial charge is 0.393 e. The summed E-state index contributed by atoms with van der Waals surface area (Å²) in [5, 5.41) is 74.2. The van der Waals surface area contributed by atoms with E-state index in [4.69, 9.17) is 9.05 Å². The van der Waals surface area contributed by atoms with Gasteiger partial charge in [0, 0.05) is 0 Å². The highest BCUT2D eigenvalue weighted by atomic mass is 31.2. The van der Waals surface area contributed by atoms with Crippen molar-refractivity contribution in [3.8, 4) is 0 Å². The summed E-state index contributed by atoms with van der Waals surface area (Å²) in [6.45, 7) is 3.67. The molecule has 0 aliphatic heterocycles. The Kier molecular flexibility index (Phi) is 30.4. The number of aliphatic hydroxyl groups is 7. The fourth-order valence-electron chi connectivity index (χ4n) is 6.60. The molecule has 0 aromatic heterocycles. The first-order valence-corrected chi connectivity index (χ1v) is 23.0. The molecule has 0 aromatic rings. The molecule has 14 heteroatoms. The van der Waals surface area contributed by atoms with Gasteiger partial charge in [-0.1, -0.05) is 134 Å². The van der Waals surface area contributed by atoms with Crippen molar-refractivity contribution in [3.05, 3.63) is 36.5 Å². The molecule has 1 rings (SSSR count). The van der Waals surface area contributed by atoms with E-state index >= 15 is 0 Å².